The molecule has 2 aliphatic rings. The molecule has 190 valence electrons. The second-order valence-corrected chi connectivity index (χ2v) is 9.40. The van der Waals surface area contributed by atoms with Crippen molar-refractivity contribution in [1.29, 1.82) is 0 Å². The fourth-order valence-electron chi connectivity index (χ4n) is 4.49. The van der Waals surface area contributed by atoms with Crippen LogP contribution in [0.2, 0.25) is 0 Å². The topological polar surface area (TPSA) is 100 Å². The molecule has 0 radical (unpaired) electrons. The van der Waals surface area contributed by atoms with Crippen molar-refractivity contribution >= 4 is 22.8 Å². The van der Waals surface area contributed by atoms with E-state index in [2.05, 4.69) is 20.3 Å². The van der Waals surface area contributed by atoms with Crippen LogP contribution in [0.4, 0.5) is 13.2 Å². The monoisotopic (exact) mass is 501 g/mol. The van der Waals surface area contributed by atoms with Crippen LogP contribution in [0.1, 0.15) is 47.8 Å². The van der Waals surface area contributed by atoms with Crippen molar-refractivity contribution in [3.05, 3.63) is 41.3 Å². The second kappa shape index (κ2) is 9.44. The Morgan fingerprint density at radius 2 is 2.03 bits per heavy atom. The minimum absolute atomic E-state index is 0.0754. The summed E-state index contributed by atoms with van der Waals surface area (Å²) in [6, 6.07) is 3.33. The molecule has 2 atom stereocenters. The van der Waals surface area contributed by atoms with Crippen LogP contribution in [0, 0.1) is 12.8 Å². The highest BCUT2D eigenvalue weighted by atomic mass is 19.3. The van der Waals surface area contributed by atoms with E-state index >= 15 is 0 Å². The molecule has 2 N–H and O–H groups in total. The van der Waals surface area contributed by atoms with Crippen molar-refractivity contribution in [2.45, 2.75) is 45.3 Å². The van der Waals surface area contributed by atoms with Gasteiger partial charge in [0.15, 0.2) is 0 Å². The van der Waals surface area contributed by atoms with Gasteiger partial charge in [0.05, 0.1) is 30.3 Å². The molecular formula is C25H26F3N5O3. The number of likely N-dealkylation sites (tertiary alicyclic amines) is 1. The number of alkyl halides is 3. The Hall–Kier alpha value is -3.63. The normalized spacial score (nSPS) is 19.8. The Bertz CT molecular complexity index is 1320. The molecule has 3 aromatic rings. The SMILES string of the molecule is CC(=O)N1C[C@H](F)[C@H](NC(=O)c2c(C)[nH]c3c(-c4cc(C(F)F)ccc4OCC4CC4)ncnc23)C1. The van der Waals surface area contributed by atoms with Gasteiger partial charge in [-0.2, -0.15) is 0 Å². The lowest BCUT2D eigenvalue weighted by atomic mass is 10.0. The average molecular weight is 502 g/mol. The molecule has 5 rings (SSSR count). The highest BCUT2D eigenvalue weighted by molar-refractivity contribution is 6.09. The molecule has 8 nitrogen and oxygen atoms in total. The number of halogens is 3. The van der Waals surface area contributed by atoms with Gasteiger partial charge in [-0.15, -0.1) is 0 Å². The number of aryl methyl sites for hydroxylation is 1. The third-order valence-electron chi connectivity index (χ3n) is 6.69. The third-order valence-corrected chi connectivity index (χ3v) is 6.69. The molecule has 0 bridgehead atoms. The van der Waals surface area contributed by atoms with E-state index in [1.807, 2.05) is 0 Å². The smallest absolute Gasteiger partial charge is 0.263 e. The third kappa shape index (κ3) is 4.61. The average Bonchev–Trinajstić information content (AvgIpc) is 3.50. The maximum absolute atomic E-state index is 14.5. The summed E-state index contributed by atoms with van der Waals surface area (Å²) >= 11 is 0. The van der Waals surface area contributed by atoms with Gasteiger partial charge in [-0.3, -0.25) is 9.59 Å². The molecule has 1 saturated heterocycles. The summed E-state index contributed by atoms with van der Waals surface area (Å²) in [7, 11) is 0. The van der Waals surface area contributed by atoms with Gasteiger partial charge >= 0.3 is 0 Å². The van der Waals surface area contributed by atoms with Crippen molar-refractivity contribution in [3.63, 3.8) is 0 Å². The quantitative estimate of drug-likeness (QED) is 0.511. The molecule has 0 unspecified atom stereocenters. The van der Waals surface area contributed by atoms with Crippen LogP contribution in [0.5, 0.6) is 5.75 Å². The van der Waals surface area contributed by atoms with Crippen LogP contribution in [-0.4, -0.2) is 63.6 Å². The van der Waals surface area contributed by atoms with Crippen LogP contribution in [0.15, 0.2) is 24.5 Å². The Morgan fingerprint density at radius 1 is 1.25 bits per heavy atom. The number of carbonyl (C=O) groups is 2. The maximum Gasteiger partial charge on any atom is 0.263 e. The van der Waals surface area contributed by atoms with Gasteiger partial charge in [0.2, 0.25) is 5.91 Å². The molecule has 36 heavy (non-hydrogen) atoms. The van der Waals surface area contributed by atoms with E-state index in [9.17, 15) is 22.8 Å². The number of amides is 2. The Morgan fingerprint density at radius 3 is 2.69 bits per heavy atom. The fourth-order valence-corrected chi connectivity index (χ4v) is 4.49. The lowest BCUT2D eigenvalue weighted by molar-refractivity contribution is -0.128. The van der Waals surface area contributed by atoms with Gasteiger partial charge in [0.1, 0.15) is 29.5 Å². The van der Waals surface area contributed by atoms with Gasteiger partial charge in [-0.05, 0) is 43.9 Å². The molecular weight excluding hydrogens is 475 g/mol. The van der Waals surface area contributed by atoms with Crippen molar-refractivity contribution in [1.82, 2.24) is 25.2 Å². The van der Waals surface area contributed by atoms with E-state index < -0.39 is 24.5 Å². The number of benzene rings is 1. The van der Waals surface area contributed by atoms with Crippen molar-refractivity contribution in [3.8, 4) is 17.0 Å². The zero-order valence-corrected chi connectivity index (χ0v) is 19.9. The van der Waals surface area contributed by atoms with Gasteiger partial charge in [-0.25, -0.2) is 23.1 Å². The number of nitrogens with zero attached hydrogens (tertiary/aromatic N) is 3. The first-order valence-corrected chi connectivity index (χ1v) is 11.8. The van der Waals surface area contributed by atoms with E-state index in [1.165, 1.54) is 36.4 Å². The number of hydrogen-bond donors (Lipinski definition) is 2. The van der Waals surface area contributed by atoms with Crippen LogP contribution >= 0.6 is 0 Å². The number of nitrogens with one attached hydrogen (secondary N) is 2. The number of hydrogen-bond acceptors (Lipinski definition) is 5. The zero-order chi connectivity index (χ0) is 25.6. The maximum atomic E-state index is 14.5. The van der Waals surface area contributed by atoms with E-state index in [0.29, 0.717) is 40.7 Å². The Labute approximate surface area is 205 Å². The predicted molar refractivity (Wildman–Crippen MR) is 126 cm³/mol. The number of carbonyl (C=O) groups excluding carboxylic acids is 2. The largest absolute Gasteiger partial charge is 0.493 e. The van der Waals surface area contributed by atoms with E-state index in [-0.39, 0.29) is 35.6 Å². The summed E-state index contributed by atoms with van der Waals surface area (Å²) in [6.45, 7) is 3.50. The summed E-state index contributed by atoms with van der Waals surface area (Å²) in [5.74, 6) is 0.0591. The number of ether oxygens (including phenoxy) is 1. The standard InChI is InChI=1S/C25H26F3N5O3/c1-12-20(25(35)32-18-9-33(13(2)34)8-17(18)26)22-23(31-12)21(29-11-30-22)16-7-15(24(27)28)5-6-19(16)36-10-14-3-4-14/h5-7,11,14,17-18,24,31H,3-4,8-10H2,1-2H3,(H,32,35)/t17-,18+/m0/s1. The molecule has 2 aromatic heterocycles. The number of aromatic amines is 1. The minimum atomic E-state index is -2.68. The molecule has 1 aliphatic heterocycles. The number of rotatable bonds is 7. The summed E-state index contributed by atoms with van der Waals surface area (Å²) < 4.78 is 47.4. The van der Waals surface area contributed by atoms with Gasteiger partial charge in [0.25, 0.3) is 12.3 Å². The lowest BCUT2D eigenvalue weighted by Gasteiger charge is -2.15. The Balaban J connectivity index is 1.51. The summed E-state index contributed by atoms with van der Waals surface area (Å²) in [4.78, 5) is 37.8. The number of aromatic nitrogens is 3. The van der Waals surface area contributed by atoms with Crippen molar-refractivity contribution < 1.29 is 27.5 Å². The minimum Gasteiger partial charge on any atom is -0.493 e. The first-order valence-electron chi connectivity index (χ1n) is 11.8. The highest BCUT2D eigenvalue weighted by Crippen LogP contribution is 2.38. The second-order valence-electron chi connectivity index (χ2n) is 9.40. The van der Waals surface area contributed by atoms with Gasteiger partial charge in [0, 0.05) is 30.3 Å². The summed E-state index contributed by atoms with van der Waals surface area (Å²) in [5.41, 5.74) is 1.84. The van der Waals surface area contributed by atoms with E-state index in [4.69, 9.17) is 4.74 Å². The molecule has 0 spiro atoms. The summed E-state index contributed by atoms with van der Waals surface area (Å²) in [5, 5.41) is 2.67. The van der Waals surface area contributed by atoms with E-state index in [1.54, 1.807) is 6.92 Å². The number of fused-ring (bicyclic) bond motifs is 1. The molecule has 3 heterocycles. The first-order chi connectivity index (χ1) is 17.2. The van der Waals surface area contributed by atoms with Crippen LogP contribution in [0.25, 0.3) is 22.3 Å². The predicted octanol–water partition coefficient (Wildman–Crippen LogP) is 3.96. The zero-order valence-electron chi connectivity index (χ0n) is 19.9. The molecule has 2 fully saturated rings. The first kappa shape index (κ1) is 24.1. The van der Waals surface area contributed by atoms with Crippen LogP contribution in [-0.2, 0) is 4.79 Å². The van der Waals surface area contributed by atoms with Crippen molar-refractivity contribution in [2.24, 2.45) is 5.92 Å². The molecule has 1 saturated carbocycles. The highest BCUT2D eigenvalue weighted by Gasteiger charge is 2.36. The van der Waals surface area contributed by atoms with Gasteiger partial charge in [-0.1, -0.05) is 0 Å². The molecule has 11 heteroatoms. The molecule has 2 amide bonds. The lowest BCUT2D eigenvalue weighted by Crippen LogP contribution is -2.41. The van der Waals surface area contributed by atoms with Crippen LogP contribution in [0.3, 0.4) is 0 Å². The molecule has 1 aliphatic carbocycles. The number of H-pyrrole nitrogens is 1. The molecule has 1 aromatic carbocycles. The summed E-state index contributed by atoms with van der Waals surface area (Å²) in [6.07, 6.45) is -0.674. The Kier molecular flexibility index (Phi) is 6.31. The van der Waals surface area contributed by atoms with Crippen LogP contribution < -0.4 is 10.1 Å². The van der Waals surface area contributed by atoms with Gasteiger partial charge < -0.3 is 19.9 Å². The van der Waals surface area contributed by atoms with Crippen molar-refractivity contribution in [2.75, 3.05) is 19.7 Å². The fraction of sp³-hybridized carbons (Fsp3) is 0.440. The van der Waals surface area contributed by atoms with E-state index in [0.717, 1.165) is 12.8 Å².